The zero-order valence-corrected chi connectivity index (χ0v) is 12.3. The zero-order valence-electron chi connectivity index (χ0n) is 12.3. The monoisotopic (exact) mass is 272 g/mol. The first-order chi connectivity index (χ1) is 8.60. The highest BCUT2D eigenvalue weighted by Crippen LogP contribution is 2.23. The highest BCUT2D eigenvalue weighted by Gasteiger charge is 2.37. The van der Waals surface area contributed by atoms with Gasteiger partial charge in [0.1, 0.15) is 5.60 Å². The molecule has 1 heterocycles. The number of ether oxygens (including phenoxy) is 1. The third-order valence-corrected chi connectivity index (χ3v) is 2.99. The highest BCUT2D eigenvalue weighted by molar-refractivity contribution is 5.76. The number of amides is 2. The topological polar surface area (TPSA) is 70.1 Å². The van der Waals surface area contributed by atoms with Crippen LogP contribution in [0.25, 0.3) is 0 Å². The molecule has 0 aromatic rings. The van der Waals surface area contributed by atoms with Crippen molar-refractivity contribution in [3.63, 3.8) is 0 Å². The van der Waals surface area contributed by atoms with Crippen LogP contribution in [0, 0.1) is 5.92 Å². The SMILES string of the molecule is CN(C)C(=O)C[C@@H]1CN(C(=O)OC(C)(C)C)C[C@H]1O. The van der Waals surface area contributed by atoms with Gasteiger partial charge in [-0.1, -0.05) is 0 Å². The fraction of sp³-hybridized carbons (Fsp3) is 0.846. The second-order valence-electron chi connectivity index (χ2n) is 6.21. The largest absolute Gasteiger partial charge is 0.444 e. The Morgan fingerprint density at radius 3 is 2.37 bits per heavy atom. The molecule has 0 saturated carbocycles. The minimum atomic E-state index is -0.670. The Kier molecular flexibility index (Phi) is 4.79. The van der Waals surface area contributed by atoms with Crippen molar-refractivity contribution in [1.82, 2.24) is 9.80 Å². The van der Waals surface area contributed by atoms with E-state index >= 15 is 0 Å². The summed E-state index contributed by atoms with van der Waals surface area (Å²) in [5, 5.41) is 9.92. The van der Waals surface area contributed by atoms with Crippen molar-refractivity contribution in [3.05, 3.63) is 0 Å². The minimum Gasteiger partial charge on any atom is -0.444 e. The van der Waals surface area contributed by atoms with E-state index < -0.39 is 17.8 Å². The molecule has 0 aromatic carbocycles. The Bertz CT molecular complexity index is 349. The maximum Gasteiger partial charge on any atom is 0.410 e. The number of hydrogen-bond acceptors (Lipinski definition) is 4. The lowest BCUT2D eigenvalue weighted by atomic mass is 10.0. The van der Waals surface area contributed by atoms with Crippen LogP contribution >= 0.6 is 0 Å². The number of hydrogen-bond donors (Lipinski definition) is 1. The highest BCUT2D eigenvalue weighted by atomic mass is 16.6. The molecule has 19 heavy (non-hydrogen) atoms. The maximum absolute atomic E-state index is 11.9. The fourth-order valence-electron chi connectivity index (χ4n) is 1.94. The van der Waals surface area contributed by atoms with Gasteiger partial charge in [0.05, 0.1) is 12.6 Å². The van der Waals surface area contributed by atoms with Gasteiger partial charge in [-0.25, -0.2) is 4.79 Å². The molecule has 110 valence electrons. The molecular formula is C13H24N2O4. The Morgan fingerprint density at radius 2 is 1.89 bits per heavy atom. The number of aliphatic hydroxyl groups is 1. The number of aliphatic hydroxyl groups excluding tert-OH is 1. The van der Waals surface area contributed by atoms with Gasteiger partial charge in [-0.05, 0) is 20.8 Å². The Labute approximate surface area is 114 Å². The lowest BCUT2D eigenvalue weighted by molar-refractivity contribution is -0.130. The van der Waals surface area contributed by atoms with Crippen LogP contribution in [-0.4, -0.2) is 65.8 Å². The van der Waals surface area contributed by atoms with Crippen LogP contribution in [0.5, 0.6) is 0 Å². The minimum absolute atomic E-state index is 0.0462. The molecule has 1 N–H and O–H groups in total. The van der Waals surface area contributed by atoms with E-state index in [4.69, 9.17) is 4.74 Å². The summed E-state index contributed by atoms with van der Waals surface area (Å²) in [6, 6.07) is 0. The van der Waals surface area contributed by atoms with Crippen LogP contribution < -0.4 is 0 Å². The van der Waals surface area contributed by atoms with Gasteiger partial charge in [0.15, 0.2) is 0 Å². The summed E-state index contributed by atoms with van der Waals surface area (Å²) in [6.45, 7) is 5.97. The standard InChI is InChI=1S/C13H24N2O4/c1-13(2,3)19-12(18)15-7-9(10(16)8-15)6-11(17)14(4)5/h9-10,16H,6-8H2,1-5H3/t9-,10-/m1/s1. The number of nitrogens with zero attached hydrogens (tertiary/aromatic N) is 2. The first-order valence-electron chi connectivity index (χ1n) is 6.46. The smallest absolute Gasteiger partial charge is 0.410 e. The summed E-state index contributed by atoms with van der Waals surface area (Å²) in [7, 11) is 3.35. The predicted octanol–water partition coefficient (Wildman–Crippen LogP) is 0.692. The molecule has 0 aliphatic carbocycles. The van der Waals surface area contributed by atoms with Crippen LogP contribution in [0.3, 0.4) is 0 Å². The molecule has 1 rings (SSSR count). The third kappa shape index (κ3) is 4.70. The molecule has 2 atom stereocenters. The quantitative estimate of drug-likeness (QED) is 0.803. The van der Waals surface area contributed by atoms with Crippen molar-refractivity contribution in [3.8, 4) is 0 Å². The summed E-state index contributed by atoms with van der Waals surface area (Å²) in [4.78, 5) is 26.4. The first-order valence-corrected chi connectivity index (χ1v) is 6.46. The predicted molar refractivity (Wildman–Crippen MR) is 70.6 cm³/mol. The molecule has 6 heteroatoms. The molecule has 0 spiro atoms. The number of likely N-dealkylation sites (tertiary alicyclic amines) is 1. The van der Waals surface area contributed by atoms with E-state index in [1.54, 1.807) is 34.9 Å². The van der Waals surface area contributed by atoms with Gasteiger partial charge in [0, 0.05) is 33.0 Å². The molecule has 1 aliphatic heterocycles. The lowest BCUT2D eigenvalue weighted by Crippen LogP contribution is -2.36. The van der Waals surface area contributed by atoms with Crippen LogP contribution in [0.2, 0.25) is 0 Å². The van der Waals surface area contributed by atoms with Gasteiger partial charge in [-0.2, -0.15) is 0 Å². The van der Waals surface area contributed by atoms with E-state index in [0.29, 0.717) is 6.54 Å². The van der Waals surface area contributed by atoms with E-state index in [2.05, 4.69) is 0 Å². The second kappa shape index (κ2) is 5.77. The molecular weight excluding hydrogens is 248 g/mol. The molecule has 0 aromatic heterocycles. The van der Waals surface area contributed by atoms with Crippen molar-refractivity contribution >= 4 is 12.0 Å². The van der Waals surface area contributed by atoms with Crippen LogP contribution in [0.15, 0.2) is 0 Å². The van der Waals surface area contributed by atoms with Crippen molar-refractivity contribution < 1.29 is 19.4 Å². The van der Waals surface area contributed by atoms with Crippen molar-refractivity contribution in [2.75, 3.05) is 27.2 Å². The van der Waals surface area contributed by atoms with Crippen molar-refractivity contribution in [2.24, 2.45) is 5.92 Å². The summed E-state index contributed by atoms with van der Waals surface area (Å²) in [6.07, 6.45) is -0.865. The normalized spacial score (nSPS) is 23.4. The molecule has 0 bridgehead atoms. The molecule has 1 aliphatic rings. The van der Waals surface area contributed by atoms with Gasteiger partial charge in [-0.3, -0.25) is 4.79 Å². The van der Waals surface area contributed by atoms with Gasteiger partial charge < -0.3 is 19.6 Å². The first kappa shape index (κ1) is 15.8. The lowest BCUT2D eigenvalue weighted by Gasteiger charge is -2.24. The number of rotatable bonds is 2. The summed E-state index contributed by atoms with van der Waals surface area (Å²) >= 11 is 0. The van der Waals surface area contributed by atoms with Crippen LogP contribution in [-0.2, 0) is 9.53 Å². The second-order valence-corrected chi connectivity index (χ2v) is 6.21. The zero-order chi connectivity index (χ0) is 14.8. The molecule has 2 amide bonds. The molecule has 6 nitrogen and oxygen atoms in total. The average Bonchev–Trinajstić information content (AvgIpc) is 2.57. The average molecular weight is 272 g/mol. The van der Waals surface area contributed by atoms with E-state index in [9.17, 15) is 14.7 Å². The number of carbonyl (C=O) groups excluding carboxylic acids is 2. The van der Waals surface area contributed by atoms with E-state index in [1.807, 2.05) is 0 Å². The van der Waals surface area contributed by atoms with E-state index in [-0.39, 0.29) is 24.8 Å². The van der Waals surface area contributed by atoms with E-state index in [0.717, 1.165) is 0 Å². The van der Waals surface area contributed by atoms with Crippen molar-refractivity contribution in [2.45, 2.75) is 38.9 Å². The van der Waals surface area contributed by atoms with Crippen molar-refractivity contribution in [1.29, 1.82) is 0 Å². The third-order valence-electron chi connectivity index (χ3n) is 2.99. The van der Waals surface area contributed by atoms with Gasteiger partial charge in [-0.15, -0.1) is 0 Å². The van der Waals surface area contributed by atoms with Gasteiger partial charge in [0.2, 0.25) is 5.91 Å². The molecule has 1 saturated heterocycles. The molecule has 0 radical (unpaired) electrons. The molecule has 1 fully saturated rings. The number of carbonyl (C=O) groups is 2. The summed E-state index contributed by atoms with van der Waals surface area (Å²) < 4.78 is 5.25. The Balaban J connectivity index is 2.55. The summed E-state index contributed by atoms with van der Waals surface area (Å²) in [5.74, 6) is -0.266. The Hall–Kier alpha value is -1.30. The fourth-order valence-corrected chi connectivity index (χ4v) is 1.94. The molecule has 0 unspecified atom stereocenters. The van der Waals surface area contributed by atoms with Gasteiger partial charge >= 0.3 is 6.09 Å². The maximum atomic E-state index is 11.9. The Morgan fingerprint density at radius 1 is 1.32 bits per heavy atom. The summed E-state index contributed by atoms with van der Waals surface area (Å²) in [5.41, 5.74) is -0.556. The number of β-amino-alcohol motifs (C(OH)–C–C–N with tert-alkyl or cyclic N) is 1. The van der Waals surface area contributed by atoms with E-state index in [1.165, 1.54) is 9.80 Å². The van der Waals surface area contributed by atoms with Crippen LogP contribution in [0.4, 0.5) is 4.79 Å². The van der Waals surface area contributed by atoms with Crippen LogP contribution in [0.1, 0.15) is 27.2 Å². The van der Waals surface area contributed by atoms with Gasteiger partial charge in [0.25, 0.3) is 0 Å².